The summed E-state index contributed by atoms with van der Waals surface area (Å²) in [6.07, 6.45) is 3.41. The van der Waals surface area contributed by atoms with Crippen molar-refractivity contribution in [3.8, 4) is 0 Å². The lowest BCUT2D eigenvalue weighted by Gasteiger charge is -2.05. The van der Waals surface area contributed by atoms with Gasteiger partial charge in [0.05, 0.1) is 11.8 Å². The molecule has 14 heavy (non-hydrogen) atoms. The number of carbonyl (C=O) groups excluding carboxylic acids is 1. The number of cyclic esters (lactones) is 1. The van der Waals surface area contributed by atoms with Crippen molar-refractivity contribution in [3.05, 3.63) is 41.7 Å². The molecule has 2 heterocycles. The average Bonchev–Trinajstić information content (AvgIpc) is 2.53. The Morgan fingerprint density at radius 1 is 1.43 bits per heavy atom. The summed E-state index contributed by atoms with van der Waals surface area (Å²) >= 11 is 0. The van der Waals surface area contributed by atoms with Gasteiger partial charge in [-0.3, -0.25) is 0 Å². The van der Waals surface area contributed by atoms with E-state index in [0.29, 0.717) is 5.56 Å². The van der Waals surface area contributed by atoms with E-state index in [1.165, 1.54) is 6.26 Å². The van der Waals surface area contributed by atoms with Gasteiger partial charge in [-0.1, -0.05) is 6.07 Å². The Balaban J connectivity index is 2.28. The highest BCUT2D eigenvalue weighted by molar-refractivity contribution is 5.94. The van der Waals surface area contributed by atoms with E-state index in [1.807, 2.05) is 24.3 Å². The molecule has 1 aromatic rings. The highest BCUT2D eigenvalue weighted by Gasteiger charge is 2.28. The second-order valence-electron chi connectivity index (χ2n) is 3.49. The fourth-order valence-electron chi connectivity index (χ4n) is 2.04. The number of hydrogen-bond donors (Lipinski definition) is 1. The molecule has 1 N–H and O–H groups in total. The van der Waals surface area contributed by atoms with Gasteiger partial charge in [-0.2, -0.15) is 0 Å². The van der Waals surface area contributed by atoms with Gasteiger partial charge in [-0.05, 0) is 23.8 Å². The number of nitrogens with one attached hydrogen (secondary N) is 1. The Hall–Kier alpha value is -1.77. The van der Waals surface area contributed by atoms with Gasteiger partial charge in [0.15, 0.2) is 0 Å². The largest absolute Gasteiger partial charge is 0.431 e. The third-order valence-corrected chi connectivity index (χ3v) is 2.70. The van der Waals surface area contributed by atoms with Crippen molar-refractivity contribution in [2.45, 2.75) is 5.92 Å². The summed E-state index contributed by atoms with van der Waals surface area (Å²) in [5.74, 6) is 0.0111. The van der Waals surface area contributed by atoms with Crippen LogP contribution in [-0.2, 0) is 4.74 Å². The summed E-state index contributed by atoms with van der Waals surface area (Å²) in [6, 6.07) is 5.68. The van der Waals surface area contributed by atoms with E-state index < -0.39 is 0 Å². The highest BCUT2D eigenvalue weighted by Crippen LogP contribution is 2.36. The van der Waals surface area contributed by atoms with Crippen LogP contribution in [0.1, 0.15) is 21.8 Å². The number of carbonyl (C=O) groups is 1. The Morgan fingerprint density at radius 3 is 3.29 bits per heavy atom. The van der Waals surface area contributed by atoms with Crippen LogP contribution in [0.4, 0.5) is 5.69 Å². The van der Waals surface area contributed by atoms with Gasteiger partial charge < -0.3 is 10.1 Å². The van der Waals surface area contributed by atoms with Gasteiger partial charge in [-0.15, -0.1) is 0 Å². The Labute approximate surface area is 81.4 Å². The zero-order valence-electron chi connectivity index (χ0n) is 7.49. The van der Waals surface area contributed by atoms with Crippen LogP contribution >= 0.6 is 0 Å². The quantitative estimate of drug-likeness (QED) is 0.630. The number of hydrogen-bond acceptors (Lipinski definition) is 3. The zero-order chi connectivity index (χ0) is 9.54. The molecule has 0 amide bonds. The maximum absolute atomic E-state index is 11.5. The van der Waals surface area contributed by atoms with Crippen LogP contribution in [0.2, 0.25) is 0 Å². The normalized spacial score (nSPS) is 22.3. The first-order valence-electron chi connectivity index (χ1n) is 4.61. The van der Waals surface area contributed by atoms with Gasteiger partial charge in [0.25, 0.3) is 0 Å². The first-order chi connectivity index (χ1) is 6.86. The molecule has 3 heteroatoms. The summed E-state index contributed by atoms with van der Waals surface area (Å²) < 4.78 is 4.94. The minimum absolute atomic E-state index is 0.260. The van der Waals surface area contributed by atoms with Gasteiger partial charge in [0, 0.05) is 18.2 Å². The molecule has 0 bridgehead atoms. The van der Waals surface area contributed by atoms with Gasteiger partial charge >= 0.3 is 5.97 Å². The lowest BCUT2D eigenvalue weighted by Crippen LogP contribution is -2.02. The second kappa shape index (κ2) is 2.61. The van der Waals surface area contributed by atoms with Crippen molar-refractivity contribution in [2.75, 3.05) is 11.9 Å². The van der Waals surface area contributed by atoms with Crippen LogP contribution < -0.4 is 5.32 Å². The van der Waals surface area contributed by atoms with E-state index in [4.69, 9.17) is 4.74 Å². The Kier molecular flexibility index (Phi) is 1.42. The van der Waals surface area contributed by atoms with Crippen LogP contribution in [0.5, 0.6) is 0 Å². The van der Waals surface area contributed by atoms with Crippen molar-refractivity contribution in [1.82, 2.24) is 0 Å². The van der Waals surface area contributed by atoms with Crippen LogP contribution in [0.25, 0.3) is 0 Å². The SMILES string of the molecule is O=C1OC=CC2CNc3cccc1c32. The van der Waals surface area contributed by atoms with Gasteiger partial charge in [-0.25, -0.2) is 4.79 Å². The molecular weight excluding hydrogens is 178 g/mol. The van der Waals surface area contributed by atoms with Crippen LogP contribution in [0.3, 0.4) is 0 Å². The van der Waals surface area contributed by atoms with E-state index in [1.54, 1.807) is 0 Å². The van der Waals surface area contributed by atoms with Crippen molar-refractivity contribution in [2.24, 2.45) is 0 Å². The molecule has 0 aliphatic carbocycles. The molecule has 70 valence electrons. The fourth-order valence-corrected chi connectivity index (χ4v) is 2.04. The van der Waals surface area contributed by atoms with E-state index in [0.717, 1.165) is 17.8 Å². The molecule has 1 unspecified atom stereocenters. The summed E-state index contributed by atoms with van der Waals surface area (Å²) in [6.45, 7) is 0.847. The van der Waals surface area contributed by atoms with E-state index in [9.17, 15) is 4.79 Å². The topological polar surface area (TPSA) is 38.3 Å². The van der Waals surface area contributed by atoms with Crippen molar-refractivity contribution >= 4 is 11.7 Å². The van der Waals surface area contributed by atoms with Crippen LogP contribution in [0.15, 0.2) is 30.5 Å². The molecule has 0 fully saturated rings. The first kappa shape index (κ1) is 7.62. The molecular formula is C11H9NO2. The van der Waals surface area contributed by atoms with Crippen LogP contribution in [0, 0.1) is 0 Å². The maximum atomic E-state index is 11.5. The molecule has 0 aromatic heterocycles. The molecule has 2 aliphatic rings. The van der Waals surface area contributed by atoms with Crippen molar-refractivity contribution in [1.29, 1.82) is 0 Å². The minimum atomic E-state index is -0.260. The monoisotopic (exact) mass is 187 g/mol. The number of anilines is 1. The smallest absolute Gasteiger partial charge is 0.343 e. The predicted molar refractivity (Wildman–Crippen MR) is 52.2 cm³/mol. The van der Waals surface area contributed by atoms with Gasteiger partial charge in [0.2, 0.25) is 0 Å². The number of esters is 1. The summed E-state index contributed by atoms with van der Waals surface area (Å²) in [4.78, 5) is 11.5. The molecule has 1 aromatic carbocycles. The molecule has 0 spiro atoms. The Morgan fingerprint density at radius 2 is 2.36 bits per heavy atom. The fraction of sp³-hybridized carbons (Fsp3) is 0.182. The average molecular weight is 187 g/mol. The summed E-state index contributed by atoms with van der Waals surface area (Å²) in [5.41, 5.74) is 2.81. The lowest BCUT2D eigenvalue weighted by molar-refractivity contribution is 0.0665. The molecule has 1 atom stereocenters. The van der Waals surface area contributed by atoms with Crippen LogP contribution in [-0.4, -0.2) is 12.5 Å². The van der Waals surface area contributed by atoms with E-state index in [2.05, 4.69) is 5.32 Å². The third-order valence-electron chi connectivity index (χ3n) is 2.70. The summed E-state index contributed by atoms with van der Waals surface area (Å²) in [5, 5.41) is 3.27. The second-order valence-corrected chi connectivity index (χ2v) is 3.49. The standard InChI is InChI=1S/C11H9NO2/c13-11-8-2-1-3-9-10(8)7(6-12-9)4-5-14-11/h1-5,7,12H,6H2. The maximum Gasteiger partial charge on any atom is 0.343 e. The van der Waals surface area contributed by atoms with Crippen molar-refractivity contribution in [3.63, 3.8) is 0 Å². The molecule has 0 radical (unpaired) electrons. The predicted octanol–water partition coefficient (Wildman–Crippen LogP) is 1.88. The highest BCUT2D eigenvalue weighted by atomic mass is 16.5. The zero-order valence-corrected chi connectivity index (χ0v) is 7.49. The lowest BCUT2D eigenvalue weighted by atomic mass is 9.96. The minimum Gasteiger partial charge on any atom is -0.431 e. The molecule has 0 saturated carbocycles. The molecule has 3 rings (SSSR count). The first-order valence-corrected chi connectivity index (χ1v) is 4.61. The molecule has 3 nitrogen and oxygen atoms in total. The third kappa shape index (κ3) is 0.894. The Bertz CT molecular complexity index is 437. The molecule has 0 saturated heterocycles. The van der Waals surface area contributed by atoms with Crippen molar-refractivity contribution < 1.29 is 9.53 Å². The molecule has 2 aliphatic heterocycles. The number of rotatable bonds is 0. The van der Waals surface area contributed by atoms with E-state index in [-0.39, 0.29) is 11.9 Å². The summed E-state index contributed by atoms with van der Waals surface area (Å²) in [7, 11) is 0. The van der Waals surface area contributed by atoms with Gasteiger partial charge in [0.1, 0.15) is 0 Å². The number of ether oxygens (including phenoxy) is 1. The van der Waals surface area contributed by atoms with E-state index >= 15 is 0 Å². The number of benzene rings is 1.